The summed E-state index contributed by atoms with van der Waals surface area (Å²) in [5.41, 5.74) is 4.72. The minimum Gasteiger partial charge on any atom is -0.344 e. The van der Waals surface area contributed by atoms with Crippen molar-refractivity contribution < 1.29 is 19.6 Å². The molecule has 3 rings (SSSR count). The van der Waals surface area contributed by atoms with Gasteiger partial charge in [-0.2, -0.15) is 0 Å². The quantitative estimate of drug-likeness (QED) is 0.476. The molecule has 0 heterocycles. The first-order valence-electron chi connectivity index (χ1n) is 8.67. The highest BCUT2D eigenvalue weighted by Crippen LogP contribution is 2.29. The normalized spacial score (nSPS) is 14.1. The van der Waals surface area contributed by atoms with Gasteiger partial charge in [0.05, 0.1) is 0 Å². The Hall–Kier alpha value is -3.19. The molecular formula is C20H21N3O4. The summed E-state index contributed by atoms with van der Waals surface area (Å²) in [5.74, 6) is -1.22. The van der Waals surface area contributed by atoms with Crippen molar-refractivity contribution in [3.8, 4) is 0 Å². The molecular weight excluding hydrogens is 346 g/mol. The van der Waals surface area contributed by atoms with Crippen LogP contribution in [0.4, 0.5) is 5.69 Å². The number of fused-ring (bicyclic) bond motifs is 1. The summed E-state index contributed by atoms with van der Waals surface area (Å²) in [4.78, 5) is 35.8. The molecule has 1 unspecified atom stereocenters. The molecule has 0 aromatic heterocycles. The van der Waals surface area contributed by atoms with Gasteiger partial charge in [0.1, 0.15) is 6.04 Å². The summed E-state index contributed by atoms with van der Waals surface area (Å²) in [7, 11) is 0. The van der Waals surface area contributed by atoms with E-state index in [1.54, 1.807) is 17.6 Å². The number of nitrogens with one attached hydrogen (secondary N) is 3. The molecule has 0 saturated heterocycles. The zero-order chi connectivity index (χ0) is 19.4. The lowest BCUT2D eigenvalue weighted by atomic mass is 9.95. The van der Waals surface area contributed by atoms with E-state index >= 15 is 0 Å². The fraction of sp³-hybridized carbons (Fsp3) is 0.250. The third-order valence-electron chi connectivity index (χ3n) is 4.71. The van der Waals surface area contributed by atoms with E-state index in [9.17, 15) is 14.4 Å². The van der Waals surface area contributed by atoms with Gasteiger partial charge < -0.3 is 10.6 Å². The van der Waals surface area contributed by atoms with Gasteiger partial charge in [-0.1, -0.05) is 24.3 Å². The maximum atomic E-state index is 12.8. The third kappa shape index (κ3) is 4.32. The van der Waals surface area contributed by atoms with Crippen molar-refractivity contribution in [3.63, 3.8) is 0 Å². The lowest BCUT2D eigenvalue weighted by molar-refractivity contribution is -0.126. The highest BCUT2D eigenvalue weighted by molar-refractivity contribution is 5.98. The Bertz CT molecular complexity index is 839. The van der Waals surface area contributed by atoms with E-state index in [0.29, 0.717) is 5.69 Å². The Morgan fingerprint density at radius 1 is 1.00 bits per heavy atom. The summed E-state index contributed by atoms with van der Waals surface area (Å²) >= 11 is 0. The summed E-state index contributed by atoms with van der Waals surface area (Å²) in [6.07, 6.45) is 1.45. The van der Waals surface area contributed by atoms with Gasteiger partial charge in [-0.3, -0.25) is 19.6 Å². The number of hydroxylamine groups is 1. The molecule has 0 spiro atoms. The van der Waals surface area contributed by atoms with Crippen LogP contribution in [0.3, 0.4) is 0 Å². The predicted molar refractivity (Wildman–Crippen MR) is 99.3 cm³/mol. The first kappa shape index (κ1) is 18.6. The second kappa shape index (κ2) is 8.01. The number of hydrogen-bond acceptors (Lipinski definition) is 4. The van der Waals surface area contributed by atoms with Gasteiger partial charge in [-0.25, -0.2) is 5.48 Å². The first-order valence-corrected chi connectivity index (χ1v) is 8.67. The van der Waals surface area contributed by atoms with Crippen LogP contribution in [-0.2, 0) is 22.4 Å². The van der Waals surface area contributed by atoms with E-state index in [4.69, 9.17) is 5.21 Å². The minimum absolute atomic E-state index is 0.0225. The van der Waals surface area contributed by atoms with Crippen molar-refractivity contribution in [3.05, 3.63) is 65.2 Å². The third-order valence-corrected chi connectivity index (χ3v) is 4.71. The molecule has 0 fully saturated rings. The molecule has 4 N–H and O–H groups in total. The van der Waals surface area contributed by atoms with Crippen molar-refractivity contribution in [1.29, 1.82) is 0 Å². The maximum Gasteiger partial charge on any atom is 0.274 e. The van der Waals surface area contributed by atoms with Crippen LogP contribution in [0.15, 0.2) is 48.5 Å². The number of amides is 3. The number of rotatable bonds is 5. The molecule has 140 valence electrons. The maximum absolute atomic E-state index is 12.8. The van der Waals surface area contributed by atoms with Crippen LogP contribution >= 0.6 is 0 Å². The molecule has 27 heavy (non-hydrogen) atoms. The molecule has 7 nitrogen and oxygen atoms in total. The van der Waals surface area contributed by atoms with Gasteiger partial charge in [0.15, 0.2) is 0 Å². The molecule has 0 saturated carbocycles. The van der Waals surface area contributed by atoms with E-state index in [2.05, 4.69) is 10.6 Å². The van der Waals surface area contributed by atoms with E-state index in [1.165, 1.54) is 30.2 Å². The summed E-state index contributed by atoms with van der Waals surface area (Å²) in [6.45, 7) is 1.39. The van der Waals surface area contributed by atoms with Crippen LogP contribution < -0.4 is 16.1 Å². The Balaban J connectivity index is 1.73. The predicted octanol–water partition coefficient (Wildman–Crippen LogP) is 1.66. The monoisotopic (exact) mass is 367 g/mol. The smallest absolute Gasteiger partial charge is 0.274 e. The SMILES string of the molecule is CC(=O)NC(C(=O)Nc1ccc(C(=O)NO)cc1)C1Cc2ccccc2C1. The summed E-state index contributed by atoms with van der Waals surface area (Å²) in [5, 5.41) is 14.2. The van der Waals surface area contributed by atoms with Crippen molar-refractivity contribution in [1.82, 2.24) is 10.8 Å². The van der Waals surface area contributed by atoms with Crippen molar-refractivity contribution in [2.75, 3.05) is 5.32 Å². The Morgan fingerprint density at radius 3 is 2.11 bits per heavy atom. The molecule has 0 aliphatic heterocycles. The van der Waals surface area contributed by atoms with E-state index in [0.717, 1.165) is 12.8 Å². The van der Waals surface area contributed by atoms with Gasteiger partial charge in [0, 0.05) is 18.2 Å². The Kier molecular flexibility index (Phi) is 5.52. The summed E-state index contributed by atoms with van der Waals surface area (Å²) < 4.78 is 0. The lowest BCUT2D eigenvalue weighted by Crippen LogP contribution is -2.48. The number of hydrogen-bond donors (Lipinski definition) is 4. The largest absolute Gasteiger partial charge is 0.344 e. The van der Waals surface area contributed by atoms with Gasteiger partial charge in [0.25, 0.3) is 5.91 Å². The van der Waals surface area contributed by atoms with Crippen LogP contribution in [-0.4, -0.2) is 29.0 Å². The second-order valence-electron chi connectivity index (χ2n) is 6.62. The average Bonchev–Trinajstić information content (AvgIpc) is 3.09. The van der Waals surface area contributed by atoms with Crippen LogP contribution in [0.1, 0.15) is 28.4 Å². The van der Waals surface area contributed by atoms with Crippen LogP contribution in [0, 0.1) is 5.92 Å². The van der Waals surface area contributed by atoms with Gasteiger partial charge >= 0.3 is 0 Å². The molecule has 3 amide bonds. The van der Waals surface area contributed by atoms with Crippen LogP contribution in [0.2, 0.25) is 0 Å². The fourth-order valence-electron chi connectivity index (χ4n) is 3.43. The number of carbonyl (C=O) groups excluding carboxylic acids is 3. The molecule has 1 atom stereocenters. The average molecular weight is 367 g/mol. The molecule has 2 aromatic carbocycles. The fourth-order valence-corrected chi connectivity index (χ4v) is 3.43. The van der Waals surface area contributed by atoms with Gasteiger partial charge in [0.2, 0.25) is 11.8 Å². The standard InChI is InChI=1S/C20H21N3O4/c1-12(24)21-18(16-10-14-4-2-3-5-15(14)11-16)20(26)22-17-8-6-13(7-9-17)19(25)23-27/h2-9,16,18,27H,10-11H2,1H3,(H,21,24)(H,22,26)(H,23,25). The molecule has 0 radical (unpaired) electrons. The molecule has 1 aliphatic carbocycles. The van der Waals surface area contributed by atoms with E-state index < -0.39 is 11.9 Å². The number of carbonyl (C=O) groups is 3. The second-order valence-corrected chi connectivity index (χ2v) is 6.62. The minimum atomic E-state index is -0.657. The highest BCUT2D eigenvalue weighted by atomic mass is 16.5. The van der Waals surface area contributed by atoms with Crippen LogP contribution in [0.25, 0.3) is 0 Å². The topological polar surface area (TPSA) is 108 Å². The zero-order valence-corrected chi connectivity index (χ0v) is 14.9. The number of anilines is 1. The van der Waals surface area contributed by atoms with Gasteiger partial charge in [-0.05, 0) is 54.2 Å². The van der Waals surface area contributed by atoms with E-state index in [-0.39, 0.29) is 23.3 Å². The molecule has 7 heteroatoms. The first-order chi connectivity index (χ1) is 13.0. The van der Waals surface area contributed by atoms with Crippen molar-refractivity contribution in [2.45, 2.75) is 25.8 Å². The Labute approximate surface area is 156 Å². The van der Waals surface area contributed by atoms with Crippen molar-refractivity contribution >= 4 is 23.4 Å². The number of benzene rings is 2. The molecule has 2 aromatic rings. The van der Waals surface area contributed by atoms with Crippen molar-refractivity contribution in [2.24, 2.45) is 5.92 Å². The summed E-state index contributed by atoms with van der Waals surface area (Å²) in [6, 6.07) is 13.5. The molecule has 0 bridgehead atoms. The Morgan fingerprint density at radius 2 is 1.59 bits per heavy atom. The zero-order valence-electron chi connectivity index (χ0n) is 14.9. The highest BCUT2D eigenvalue weighted by Gasteiger charge is 2.33. The van der Waals surface area contributed by atoms with Gasteiger partial charge in [-0.15, -0.1) is 0 Å². The van der Waals surface area contributed by atoms with E-state index in [1.807, 2.05) is 24.3 Å². The van der Waals surface area contributed by atoms with Crippen LogP contribution in [0.5, 0.6) is 0 Å². The lowest BCUT2D eigenvalue weighted by Gasteiger charge is -2.23. The molecule has 1 aliphatic rings.